The third-order valence-electron chi connectivity index (χ3n) is 12.2. The van der Waals surface area contributed by atoms with E-state index in [0.29, 0.717) is 38.0 Å². The van der Waals surface area contributed by atoms with Gasteiger partial charge in [-0.25, -0.2) is 0 Å². The Kier molecular flexibility index (Phi) is 15.2. The summed E-state index contributed by atoms with van der Waals surface area (Å²) >= 11 is 0. The van der Waals surface area contributed by atoms with Crippen LogP contribution in [0.4, 0.5) is 0 Å². The van der Waals surface area contributed by atoms with E-state index in [1.807, 2.05) is 45.0 Å². The van der Waals surface area contributed by atoms with E-state index in [1.165, 1.54) is 26.2 Å². The summed E-state index contributed by atoms with van der Waals surface area (Å²) in [5.41, 5.74) is 5.65. The Morgan fingerprint density at radius 1 is 0.810 bits per heavy atom. The fourth-order valence-corrected chi connectivity index (χ4v) is 9.10. The van der Waals surface area contributed by atoms with E-state index >= 15 is 0 Å². The van der Waals surface area contributed by atoms with Gasteiger partial charge in [-0.3, -0.25) is 19.3 Å². The van der Waals surface area contributed by atoms with Crippen LogP contribution in [0.1, 0.15) is 133 Å². The van der Waals surface area contributed by atoms with Crippen LogP contribution in [0.5, 0.6) is 0 Å². The zero-order valence-electron chi connectivity index (χ0n) is 35.3. The summed E-state index contributed by atoms with van der Waals surface area (Å²) in [5, 5.41) is 18.9. The number of nitrogens with zero attached hydrogens (tertiary/aromatic N) is 1. The van der Waals surface area contributed by atoms with Gasteiger partial charge in [0.25, 0.3) is 0 Å². The van der Waals surface area contributed by atoms with E-state index in [1.54, 1.807) is 0 Å². The number of carbonyl (C=O) groups excluding carboxylic acids is 3. The monoisotopic (exact) mass is 794 g/mol. The third-order valence-corrected chi connectivity index (χ3v) is 12.2. The molecule has 314 valence electrons. The molecule has 2 saturated heterocycles. The van der Waals surface area contributed by atoms with Crippen LogP contribution in [0.15, 0.2) is 72.8 Å². The van der Waals surface area contributed by atoms with Crippen molar-refractivity contribution in [3.05, 3.63) is 95.1 Å². The fraction of sp³-hybridized carbons (Fsp3) is 0.562. The standard InChI is InChI=1S/C48H66N4O6/c1-32-43(30-52-41-15-9-8-13-37(41)25-26-42(52)46(56)51-48(3,4)5)57-47(58-45(32)38-19-17-34(31-53)18-20-38)39-23-21-36(22-24-39)40-14-11-12-35(28-40)29-50-44(55)16-7-6-10-27-49-33(2)54/h11-12,14,17-24,28,32,37,41-43,45,47,53H,6-10,13,15-16,25-27,29-31H2,1-5H3,(H,49,54)(H,50,55)(H,51,56). The van der Waals surface area contributed by atoms with Crippen LogP contribution in [0.3, 0.4) is 0 Å². The smallest absolute Gasteiger partial charge is 0.237 e. The maximum atomic E-state index is 13.9. The van der Waals surface area contributed by atoms with Crippen LogP contribution >= 0.6 is 0 Å². The number of hydrogen-bond donors (Lipinski definition) is 4. The van der Waals surface area contributed by atoms with Crippen molar-refractivity contribution >= 4 is 17.7 Å². The molecule has 3 aromatic carbocycles. The van der Waals surface area contributed by atoms with Crippen molar-refractivity contribution in [2.75, 3.05) is 13.1 Å². The number of benzene rings is 3. The number of carbonyl (C=O) groups is 3. The second-order valence-electron chi connectivity index (χ2n) is 17.9. The number of fused-ring (bicyclic) bond motifs is 1. The summed E-state index contributed by atoms with van der Waals surface area (Å²) in [7, 11) is 0. The minimum absolute atomic E-state index is 0.00377. The second kappa shape index (κ2) is 20.2. The highest BCUT2D eigenvalue weighted by Gasteiger charge is 2.46. The summed E-state index contributed by atoms with van der Waals surface area (Å²) in [5.74, 6) is 0.711. The first-order chi connectivity index (χ1) is 27.9. The average Bonchev–Trinajstić information content (AvgIpc) is 3.21. The van der Waals surface area contributed by atoms with E-state index in [9.17, 15) is 19.5 Å². The Morgan fingerprint density at radius 3 is 2.28 bits per heavy atom. The molecule has 3 aliphatic rings. The molecule has 10 nitrogen and oxygen atoms in total. The topological polar surface area (TPSA) is 129 Å². The van der Waals surface area contributed by atoms with Gasteiger partial charge in [-0.05, 0) is 99.1 Å². The summed E-state index contributed by atoms with van der Waals surface area (Å²) in [6.45, 7) is 11.6. The Labute approximate surface area is 345 Å². The summed E-state index contributed by atoms with van der Waals surface area (Å²) in [4.78, 5) is 40.0. The molecule has 0 aromatic heterocycles. The van der Waals surface area contributed by atoms with E-state index in [0.717, 1.165) is 71.9 Å². The number of unbranched alkanes of at least 4 members (excludes halogenated alkanes) is 2. The molecule has 1 saturated carbocycles. The number of nitrogens with one attached hydrogen (secondary N) is 3. The molecule has 7 atom stereocenters. The number of hydrogen-bond acceptors (Lipinski definition) is 7. The first-order valence-corrected chi connectivity index (χ1v) is 21.7. The predicted octanol–water partition coefficient (Wildman–Crippen LogP) is 7.89. The molecule has 2 heterocycles. The highest BCUT2D eigenvalue weighted by atomic mass is 16.7. The first-order valence-electron chi connectivity index (χ1n) is 21.7. The number of rotatable bonds is 15. The lowest BCUT2D eigenvalue weighted by molar-refractivity contribution is -0.278. The van der Waals surface area contributed by atoms with Crippen LogP contribution in [-0.2, 0) is 37.0 Å². The zero-order valence-corrected chi connectivity index (χ0v) is 35.3. The van der Waals surface area contributed by atoms with Gasteiger partial charge in [-0.2, -0.15) is 0 Å². The Morgan fingerprint density at radius 2 is 1.55 bits per heavy atom. The number of piperidine rings is 1. The Bertz CT molecular complexity index is 1810. The quantitative estimate of drug-likeness (QED) is 0.115. The lowest BCUT2D eigenvalue weighted by atomic mass is 9.75. The molecule has 10 heteroatoms. The molecule has 3 fully saturated rings. The molecule has 2 aliphatic heterocycles. The average molecular weight is 795 g/mol. The van der Waals surface area contributed by atoms with Gasteiger partial charge in [0.1, 0.15) is 0 Å². The number of likely N-dealkylation sites (tertiary alicyclic amines) is 1. The molecule has 3 aromatic rings. The molecule has 4 N–H and O–H groups in total. The molecule has 0 radical (unpaired) electrons. The van der Waals surface area contributed by atoms with E-state index in [-0.39, 0.29) is 54.0 Å². The van der Waals surface area contributed by atoms with Gasteiger partial charge in [0.05, 0.1) is 24.9 Å². The van der Waals surface area contributed by atoms with E-state index in [4.69, 9.17) is 9.47 Å². The normalized spacial score (nSPS) is 25.0. The van der Waals surface area contributed by atoms with Gasteiger partial charge in [-0.15, -0.1) is 0 Å². The molecule has 1 aliphatic carbocycles. The van der Waals surface area contributed by atoms with Gasteiger partial charge < -0.3 is 30.5 Å². The summed E-state index contributed by atoms with van der Waals surface area (Å²) < 4.78 is 13.8. The maximum absolute atomic E-state index is 13.9. The number of aliphatic hydroxyl groups excluding tert-OH is 1. The predicted molar refractivity (Wildman–Crippen MR) is 227 cm³/mol. The number of ether oxygens (including phenoxy) is 2. The highest BCUT2D eigenvalue weighted by Crippen LogP contribution is 2.44. The molecule has 7 unspecified atom stereocenters. The van der Waals surface area contributed by atoms with Gasteiger partial charge in [0.2, 0.25) is 17.7 Å². The molecule has 58 heavy (non-hydrogen) atoms. The van der Waals surface area contributed by atoms with Crippen molar-refractivity contribution in [3.8, 4) is 11.1 Å². The molecule has 3 amide bonds. The van der Waals surface area contributed by atoms with Crippen molar-refractivity contribution in [2.45, 2.75) is 148 Å². The van der Waals surface area contributed by atoms with Gasteiger partial charge in [0.15, 0.2) is 6.29 Å². The molecule has 6 rings (SSSR count). The Hall–Kier alpha value is -4.09. The second-order valence-corrected chi connectivity index (χ2v) is 17.9. The maximum Gasteiger partial charge on any atom is 0.237 e. The third kappa shape index (κ3) is 11.8. The van der Waals surface area contributed by atoms with Crippen LogP contribution in [0.25, 0.3) is 11.1 Å². The fourth-order valence-electron chi connectivity index (χ4n) is 9.10. The summed E-state index contributed by atoms with van der Waals surface area (Å²) in [6.07, 6.45) is 8.66. The highest BCUT2D eigenvalue weighted by molar-refractivity contribution is 5.82. The van der Waals surface area contributed by atoms with Crippen LogP contribution in [-0.4, -0.2) is 64.5 Å². The van der Waals surface area contributed by atoms with Gasteiger partial charge >= 0.3 is 0 Å². The van der Waals surface area contributed by atoms with Crippen LogP contribution < -0.4 is 16.0 Å². The number of amides is 3. The first kappa shape index (κ1) is 43.5. The van der Waals surface area contributed by atoms with E-state index < -0.39 is 6.29 Å². The van der Waals surface area contributed by atoms with Crippen molar-refractivity contribution < 1.29 is 29.0 Å². The van der Waals surface area contributed by atoms with Crippen LogP contribution in [0, 0.1) is 11.8 Å². The van der Waals surface area contributed by atoms with Crippen molar-refractivity contribution in [1.29, 1.82) is 0 Å². The Balaban J connectivity index is 1.17. The zero-order chi connectivity index (χ0) is 41.2. The van der Waals surface area contributed by atoms with E-state index in [2.05, 4.69) is 76.3 Å². The van der Waals surface area contributed by atoms with Gasteiger partial charge in [0, 0.05) is 56.0 Å². The SMILES string of the molecule is CC(=O)NCCCCCC(=O)NCc1cccc(-c2ccc(C3OC(CN4C(C(=O)NC(C)(C)C)CCC5CCCCC54)C(C)C(c4ccc(CO)cc4)O3)cc2)c1. The lowest BCUT2D eigenvalue weighted by Crippen LogP contribution is -2.61. The largest absolute Gasteiger partial charge is 0.392 e. The minimum Gasteiger partial charge on any atom is -0.392 e. The summed E-state index contributed by atoms with van der Waals surface area (Å²) in [6, 6.07) is 24.8. The number of aliphatic hydroxyl groups is 1. The van der Waals surface area contributed by atoms with Crippen molar-refractivity contribution in [2.24, 2.45) is 11.8 Å². The molecular weight excluding hydrogens is 729 g/mol. The van der Waals surface area contributed by atoms with Crippen molar-refractivity contribution in [1.82, 2.24) is 20.9 Å². The molecular formula is C48H66N4O6. The van der Waals surface area contributed by atoms with Gasteiger partial charge in [-0.1, -0.05) is 92.9 Å². The van der Waals surface area contributed by atoms with Crippen LogP contribution in [0.2, 0.25) is 0 Å². The molecule has 0 bridgehead atoms. The molecule has 0 spiro atoms. The van der Waals surface area contributed by atoms with Crippen molar-refractivity contribution in [3.63, 3.8) is 0 Å². The lowest BCUT2D eigenvalue weighted by Gasteiger charge is -2.51. The minimum atomic E-state index is -0.612.